The molecule has 2 aliphatic rings. The van der Waals surface area contributed by atoms with Crippen molar-refractivity contribution in [3.8, 4) is 11.5 Å². The van der Waals surface area contributed by atoms with Crippen LogP contribution < -0.4 is 0 Å². The first-order valence-corrected chi connectivity index (χ1v) is 3.51. The molecule has 2 rings (SSSR count). The van der Waals surface area contributed by atoms with Gasteiger partial charge in [0.15, 0.2) is 5.82 Å². The van der Waals surface area contributed by atoms with Crippen LogP contribution in [-0.4, -0.2) is 19.0 Å². The highest BCUT2D eigenvalue weighted by Crippen LogP contribution is 2.17. The normalized spacial score (nSPS) is 10.7. The molecule has 11 heavy (non-hydrogen) atoms. The molecule has 0 amide bonds. The smallest absolute Gasteiger partial charge is 0.225 e. The van der Waals surface area contributed by atoms with Gasteiger partial charge in [-0.1, -0.05) is 0 Å². The van der Waals surface area contributed by atoms with E-state index in [1.807, 2.05) is 0 Å². The van der Waals surface area contributed by atoms with Crippen molar-refractivity contribution in [3.63, 3.8) is 0 Å². The number of fused-ring (bicyclic) bond motifs is 1. The number of nitrogens with zero attached hydrogens (tertiary/aromatic N) is 4. The molecule has 2 heterocycles. The van der Waals surface area contributed by atoms with Crippen LogP contribution in [0, 0.1) is 0 Å². The Balaban J connectivity index is 2.73. The standard InChI is InChI=1S/C5H2Cl2N4/c6-5-9-3-1-11(7)2-8-4(3)10-5/h1-2H. The van der Waals surface area contributed by atoms with Crippen molar-refractivity contribution in [2.45, 2.75) is 0 Å². The van der Waals surface area contributed by atoms with Crippen molar-refractivity contribution in [2.24, 2.45) is 0 Å². The van der Waals surface area contributed by atoms with Crippen LogP contribution in [-0.2, 0) is 0 Å². The van der Waals surface area contributed by atoms with Crippen LogP contribution in [0.25, 0.3) is 11.5 Å². The van der Waals surface area contributed by atoms with E-state index in [0.29, 0.717) is 11.5 Å². The van der Waals surface area contributed by atoms with Crippen LogP contribution in [0.5, 0.6) is 0 Å². The third kappa shape index (κ3) is 1.15. The van der Waals surface area contributed by atoms with Crippen molar-refractivity contribution in [1.29, 1.82) is 0 Å². The Morgan fingerprint density at radius 1 is 1.36 bits per heavy atom. The maximum absolute atomic E-state index is 5.57. The predicted molar refractivity (Wildman–Crippen MR) is 40.7 cm³/mol. The number of aromatic nitrogens is 4. The molecule has 4 nitrogen and oxygen atoms in total. The Morgan fingerprint density at radius 2 is 2.18 bits per heavy atom. The summed E-state index contributed by atoms with van der Waals surface area (Å²) in [6.07, 6.45) is 3.01. The van der Waals surface area contributed by atoms with Gasteiger partial charge in [0, 0.05) is 11.8 Å². The van der Waals surface area contributed by atoms with E-state index in [9.17, 15) is 0 Å². The molecule has 0 fully saturated rings. The minimum atomic E-state index is 0.190. The highest BCUT2D eigenvalue weighted by Gasteiger charge is 2.09. The minimum absolute atomic E-state index is 0.190. The van der Waals surface area contributed by atoms with E-state index in [0.717, 1.165) is 0 Å². The Bertz CT molecular complexity index is 358. The summed E-state index contributed by atoms with van der Waals surface area (Å²) in [5, 5.41) is 0.190. The van der Waals surface area contributed by atoms with E-state index in [1.54, 1.807) is 6.20 Å². The molecule has 0 N–H and O–H groups in total. The summed E-state index contributed by atoms with van der Waals surface area (Å²) in [4.78, 5) is 11.6. The molecule has 0 saturated carbocycles. The third-order valence-electron chi connectivity index (χ3n) is 1.18. The molecule has 0 unspecified atom stereocenters. The molecule has 0 aliphatic carbocycles. The molecule has 0 spiro atoms. The molecule has 0 radical (unpaired) electrons. The van der Waals surface area contributed by atoms with E-state index in [-0.39, 0.29) is 5.28 Å². The zero-order valence-corrected chi connectivity index (χ0v) is 6.71. The summed E-state index contributed by atoms with van der Waals surface area (Å²) in [5.74, 6) is 0.506. The van der Waals surface area contributed by atoms with Crippen LogP contribution in [0.2, 0.25) is 5.28 Å². The molecule has 0 aromatic carbocycles. The predicted octanol–water partition coefficient (Wildman–Crippen LogP) is 1.43. The summed E-state index contributed by atoms with van der Waals surface area (Å²) in [6.45, 7) is 0. The van der Waals surface area contributed by atoms with Gasteiger partial charge >= 0.3 is 0 Å². The highest BCUT2D eigenvalue weighted by atomic mass is 35.5. The Labute approximate surface area is 72.3 Å². The number of hydrogen-bond donors (Lipinski definition) is 0. The SMILES string of the molecule is Clc1nc2cn(Cl)cnc-2n1. The molecular weight excluding hydrogens is 187 g/mol. The van der Waals surface area contributed by atoms with Crippen LogP contribution in [0.3, 0.4) is 0 Å². The van der Waals surface area contributed by atoms with Gasteiger partial charge in [-0.3, -0.25) is 0 Å². The maximum atomic E-state index is 5.57. The van der Waals surface area contributed by atoms with Crippen LogP contribution >= 0.6 is 23.4 Å². The molecule has 0 aromatic heterocycles. The number of halogens is 2. The third-order valence-corrected chi connectivity index (χ3v) is 1.53. The average molecular weight is 189 g/mol. The summed E-state index contributed by atoms with van der Waals surface area (Å²) in [7, 11) is 0. The first kappa shape index (κ1) is 6.82. The second-order valence-electron chi connectivity index (χ2n) is 1.92. The van der Waals surface area contributed by atoms with Crippen molar-refractivity contribution < 1.29 is 0 Å². The van der Waals surface area contributed by atoms with Crippen LogP contribution in [0.4, 0.5) is 0 Å². The van der Waals surface area contributed by atoms with Crippen molar-refractivity contribution in [1.82, 2.24) is 19.0 Å². The van der Waals surface area contributed by atoms with Gasteiger partial charge in [0.25, 0.3) is 0 Å². The second-order valence-corrected chi connectivity index (χ2v) is 2.65. The summed E-state index contributed by atoms with van der Waals surface area (Å²) >= 11 is 11.1. The van der Waals surface area contributed by atoms with Gasteiger partial charge in [-0.25, -0.2) is 14.1 Å². The Hall–Kier alpha value is -0.870. The average Bonchev–Trinajstić information content (AvgIpc) is 2.27. The summed E-state index contributed by atoms with van der Waals surface area (Å²) in [6, 6.07) is 0. The Kier molecular flexibility index (Phi) is 1.44. The van der Waals surface area contributed by atoms with E-state index in [1.165, 1.54) is 10.4 Å². The molecule has 56 valence electrons. The van der Waals surface area contributed by atoms with Gasteiger partial charge in [-0.15, -0.1) is 0 Å². The van der Waals surface area contributed by atoms with Crippen molar-refractivity contribution in [3.05, 3.63) is 17.8 Å². The number of imidazole rings is 1. The lowest BCUT2D eigenvalue weighted by atomic mass is 10.4. The van der Waals surface area contributed by atoms with Gasteiger partial charge in [-0.05, 0) is 11.6 Å². The van der Waals surface area contributed by atoms with Gasteiger partial charge in [0.05, 0.1) is 6.20 Å². The van der Waals surface area contributed by atoms with Crippen LogP contribution in [0.1, 0.15) is 0 Å². The van der Waals surface area contributed by atoms with Crippen molar-refractivity contribution >= 4 is 23.4 Å². The quantitative estimate of drug-likeness (QED) is 0.588. The summed E-state index contributed by atoms with van der Waals surface area (Å²) < 4.78 is 1.27. The minimum Gasteiger partial charge on any atom is -0.248 e. The Morgan fingerprint density at radius 3 is 3.00 bits per heavy atom. The zero-order valence-electron chi connectivity index (χ0n) is 5.20. The molecule has 6 heteroatoms. The monoisotopic (exact) mass is 188 g/mol. The lowest BCUT2D eigenvalue weighted by Gasteiger charge is -1.94. The van der Waals surface area contributed by atoms with E-state index in [4.69, 9.17) is 23.4 Å². The molecule has 0 aromatic rings. The second kappa shape index (κ2) is 2.32. The number of hydrogen-bond acceptors (Lipinski definition) is 3. The molecule has 2 aliphatic heterocycles. The zero-order chi connectivity index (χ0) is 7.84. The molecule has 0 saturated heterocycles. The van der Waals surface area contributed by atoms with Crippen LogP contribution in [0.15, 0.2) is 12.5 Å². The van der Waals surface area contributed by atoms with E-state index < -0.39 is 0 Å². The van der Waals surface area contributed by atoms with Crippen molar-refractivity contribution in [2.75, 3.05) is 0 Å². The van der Waals surface area contributed by atoms with Gasteiger partial charge in [-0.2, -0.15) is 4.98 Å². The van der Waals surface area contributed by atoms with E-state index >= 15 is 0 Å². The lowest BCUT2D eigenvalue weighted by molar-refractivity contribution is 1.07. The fourth-order valence-electron chi connectivity index (χ4n) is 0.761. The number of rotatable bonds is 0. The molecular formula is C5H2Cl2N4. The first-order valence-electron chi connectivity index (χ1n) is 2.79. The fourth-order valence-corrected chi connectivity index (χ4v) is 1.07. The first-order chi connectivity index (χ1) is 5.25. The lowest BCUT2D eigenvalue weighted by Crippen LogP contribution is -1.90. The van der Waals surface area contributed by atoms with Gasteiger partial charge in [0.2, 0.25) is 5.28 Å². The molecule has 0 bridgehead atoms. The fraction of sp³-hybridized carbons (Fsp3) is 0. The largest absolute Gasteiger partial charge is 0.248 e. The highest BCUT2D eigenvalue weighted by molar-refractivity contribution is 6.28. The van der Waals surface area contributed by atoms with Gasteiger partial charge < -0.3 is 0 Å². The topological polar surface area (TPSA) is 43.6 Å². The summed E-state index contributed by atoms with van der Waals surface area (Å²) in [5.41, 5.74) is 0.590. The van der Waals surface area contributed by atoms with E-state index in [2.05, 4.69) is 15.0 Å². The molecule has 0 atom stereocenters. The maximum Gasteiger partial charge on any atom is 0.225 e. The van der Waals surface area contributed by atoms with Gasteiger partial charge in [0.1, 0.15) is 12.0 Å².